The quantitative estimate of drug-likeness (QED) is 0.288. The molecule has 0 aliphatic heterocycles. The topological polar surface area (TPSA) is 56.1 Å². The molecule has 0 radical (unpaired) electrons. The molecule has 0 saturated heterocycles. The van der Waals surface area contributed by atoms with Gasteiger partial charge in [0.2, 0.25) is 0 Å². The highest BCUT2D eigenvalue weighted by atomic mass is 16.5. The lowest BCUT2D eigenvalue weighted by molar-refractivity contribution is 0.0953. The van der Waals surface area contributed by atoms with Crippen LogP contribution in [0.15, 0.2) is 72.8 Å². The Balaban J connectivity index is 1.30. The highest BCUT2D eigenvalue weighted by molar-refractivity contribution is 5.94. The summed E-state index contributed by atoms with van der Waals surface area (Å²) in [6.45, 7) is 6.41. The zero-order valence-corrected chi connectivity index (χ0v) is 20.1. The van der Waals surface area contributed by atoms with Gasteiger partial charge in [-0.15, -0.1) is 0 Å². The summed E-state index contributed by atoms with van der Waals surface area (Å²) in [5.74, 6) is 2.02. The average Bonchev–Trinajstić information content (AvgIpc) is 3.21. The van der Waals surface area contributed by atoms with Gasteiger partial charge < -0.3 is 14.6 Å². The monoisotopic (exact) mass is 455 g/mol. The number of aromatic nitrogens is 2. The highest BCUT2D eigenvalue weighted by Gasteiger charge is 2.11. The number of nitrogens with zero attached hydrogens (tertiary/aromatic N) is 2. The summed E-state index contributed by atoms with van der Waals surface area (Å²) in [4.78, 5) is 17.1. The van der Waals surface area contributed by atoms with E-state index in [9.17, 15) is 4.79 Å². The molecule has 1 amide bonds. The zero-order valence-electron chi connectivity index (χ0n) is 20.1. The van der Waals surface area contributed by atoms with E-state index in [2.05, 4.69) is 60.1 Å². The van der Waals surface area contributed by atoms with Crippen molar-refractivity contribution in [3.05, 3.63) is 95.3 Å². The smallest absolute Gasteiger partial charge is 0.251 e. The number of benzene rings is 3. The van der Waals surface area contributed by atoms with Crippen LogP contribution in [0.1, 0.15) is 46.6 Å². The fourth-order valence-electron chi connectivity index (χ4n) is 4.12. The van der Waals surface area contributed by atoms with E-state index in [1.807, 2.05) is 36.4 Å². The molecule has 1 heterocycles. The minimum Gasteiger partial charge on any atom is -0.493 e. The lowest BCUT2D eigenvalue weighted by Crippen LogP contribution is -2.24. The van der Waals surface area contributed by atoms with Crippen LogP contribution in [0.5, 0.6) is 5.75 Å². The molecule has 4 rings (SSSR count). The Morgan fingerprint density at radius 2 is 1.74 bits per heavy atom. The SMILES string of the molecule is Cc1ccc(C)c(OCCCCn2c(CCCNC(=O)c3ccccc3)nc3ccccc32)c1. The van der Waals surface area contributed by atoms with Crippen molar-refractivity contribution in [1.29, 1.82) is 0 Å². The second-order valence-corrected chi connectivity index (χ2v) is 8.72. The molecule has 176 valence electrons. The van der Waals surface area contributed by atoms with Gasteiger partial charge in [-0.05, 0) is 74.6 Å². The Morgan fingerprint density at radius 3 is 2.59 bits per heavy atom. The number of carbonyl (C=O) groups is 1. The molecule has 1 aromatic heterocycles. The normalized spacial score (nSPS) is 11.0. The third-order valence-electron chi connectivity index (χ3n) is 6.01. The molecule has 1 N–H and O–H groups in total. The van der Waals surface area contributed by atoms with E-state index in [4.69, 9.17) is 9.72 Å². The summed E-state index contributed by atoms with van der Waals surface area (Å²) in [5.41, 5.74) is 5.28. The first-order valence-electron chi connectivity index (χ1n) is 12.1. The number of hydrogen-bond acceptors (Lipinski definition) is 3. The average molecular weight is 456 g/mol. The minimum absolute atomic E-state index is 0.0297. The summed E-state index contributed by atoms with van der Waals surface area (Å²) < 4.78 is 8.35. The van der Waals surface area contributed by atoms with E-state index < -0.39 is 0 Å². The maximum absolute atomic E-state index is 12.3. The van der Waals surface area contributed by atoms with E-state index in [1.54, 1.807) is 0 Å². The van der Waals surface area contributed by atoms with Crippen LogP contribution in [-0.2, 0) is 13.0 Å². The zero-order chi connectivity index (χ0) is 23.8. The predicted octanol–water partition coefficient (Wildman–Crippen LogP) is 5.87. The number of rotatable bonds is 11. The maximum atomic E-state index is 12.3. The van der Waals surface area contributed by atoms with Gasteiger partial charge in [0, 0.05) is 25.1 Å². The van der Waals surface area contributed by atoms with Gasteiger partial charge in [0.15, 0.2) is 0 Å². The van der Waals surface area contributed by atoms with Crippen molar-refractivity contribution in [3.8, 4) is 5.75 Å². The first kappa shape index (κ1) is 23.6. The number of hydrogen-bond donors (Lipinski definition) is 1. The molecular formula is C29H33N3O2. The second-order valence-electron chi connectivity index (χ2n) is 8.72. The number of unbranched alkanes of at least 4 members (excludes halogenated alkanes) is 1. The number of ether oxygens (including phenoxy) is 1. The number of amides is 1. The van der Waals surface area contributed by atoms with Gasteiger partial charge in [-0.1, -0.05) is 42.5 Å². The minimum atomic E-state index is -0.0297. The van der Waals surface area contributed by atoms with Gasteiger partial charge in [-0.2, -0.15) is 0 Å². The van der Waals surface area contributed by atoms with Crippen LogP contribution in [-0.4, -0.2) is 28.6 Å². The molecular weight excluding hydrogens is 422 g/mol. The van der Waals surface area contributed by atoms with Crippen LogP contribution in [0.2, 0.25) is 0 Å². The molecule has 5 nitrogen and oxygen atoms in total. The second kappa shape index (κ2) is 11.5. The molecule has 34 heavy (non-hydrogen) atoms. The summed E-state index contributed by atoms with van der Waals surface area (Å²) in [6.07, 6.45) is 3.66. The summed E-state index contributed by atoms with van der Waals surface area (Å²) >= 11 is 0. The molecule has 0 spiro atoms. The van der Waals surface area contributed by atoms with Crippen molar-refractivity contribution in [1.82, 2.24) is 14.9 Å². The molecule has 0 atom stereocenters. The fraction of sp³-hybridized carbons (Fsp3) is 0.310. The number of fused-ring (bicyclic) bond motifs is 1. The van der Waals surface area contributed by atoms with Crippen molar-refractivity contribution < 1.29 is 9.53 Å². The maximum Gasteiger partial charge on any atom is 0.251 e. The van der Waals surface area contributed by atoms with Crippen LogP contribution in [0.3, 0.4) is 0 Å². The molecule has 5 heteroatoms. The van der Waals surface area contributed by atoms with E-state index >= 15 is 0 Å². The lowest BCUT2D eigenvalue weighted by atomic mass is 10.1. The number of nitrogens with one attached hydrogen (secondary N) is 1. The first-order chi connectivity index (χ1) is 16.6. The van der Waals surface area contributed by atoms with Crippen LogP contribution in [0.4, 0.5) is 0 Å². The highest BCUT2D eigenvalue weighted by Crippen LogP contribution is 2.20. The number of imidazole rings is 1. The van der Waals surface area contributed by atoms with Crippen LogP contribution in [0, 0.1) is 13.8 Å². The Morgan fingerprint density at radius 1 is 0.941 bits per heavy atom. The number of para-hydroxylation sites is 2. The number of carbonyl (C=O) groups excluding carboxylic acids is 1. The van der Waals surface area contributed by atoms with E-state index in [0.717, 1.165) is 49.3 Å². The summed E-state index contributed by atoms with van der Waals surface area (Å²) in [7, 11) is 0. The standard InChI is InChI=1S/C29H33N3O2/c1-22-16-17-23(2)27(21-22)34-20-9-8-19-32-26-14-7-6-13-25(26)31-28(32)15-10-18-30-29(33)24-11-4-3-5-12-24/h3-7,11-14,16-17,21H,8-10,15,18-20H2,1-2H3,(H,30,33). The summed E-state index contributed by atoms with van der Waals surface area (Å²) in [6, 6.07) is 24.0. The molecule has 0 aliphatic rings. The molecule has 0 saturated carbocycles. The molecule has 0 fully saturated rings. The Kier molecular flexibility index (Phi) is 7.97. The molecule has 0 bridgehead atoms. The fourth-order valence-corrected chi connectivity index (χ4v) is 4.12. The summed E-state index contributed by atoms with van der Waals surface area (Å²) in [5, 5.41) is 3.01. The van der Waals surface area contributed by atoms with Crippen molar-refractivity contribution in [2.45, 2.75) is 46.1 Å². The van der Waals surface area contributed by atoms with E-state index in [-0.39, 0.29) is 5.91 Å². The molecule has 0 unspecified atom stereocenters. The third-order valence-corrected chi connectivity index (χ3v) is 6.01. The van der Waals surface area contributed by atoms with Gasteiger partial charge >= 0.3 is 0 Å². The van der Waals surface area contributed by atoms with E-state index in [0.29, 0.717) is 18.7 Å². The predicted molar refractivity (Wildman–Crippen MR) is 137 cm³/mol. The van der Waals surface area contributed by atoms with Gasteiger partial charge in [0.25, 0.3) is 5.91 Å². The van der Waals surface area contributed by atoms with Crippen molar-refractivity contribution >= 4 is 16.9 Å². The van der Waals surface area contributed by atoms with Gasteiger partial charge in [0.1, 0.15) is 11.6 Å². The Bertz CT molecular complexity index is 1230. The van der Waals surface area contributed by atoms with Crippen molar-refractivity contribution in [2.24, 2.45) is 0 Å². The largest absolute Gasteiger partial charge is 0.493 e. The lowest BCUT2D eigenvalue weighted by Gasteiger charge is -2.12. The number of aryl methyl sites for hydroxylation is 4. The van der Waals surface area contributed by atoms with Crippen molar-refractivity contribution in [3.63, 3.8) is 0 Å². The van der Waals surface area contributed by atoms with Gasteiger partial charge in [-0.3, -0.25) is 4.79 Å². The first-order valence-corrected chi connectivity index (χ1v) is 12.1. The Hall–Kier alpha value is -3.60. The van der Waals surface area contributed by atoms with Crippen molar-refractivity contribution in [2.75, 3.05) is 13.2 Å². The molecule has 0 aliphatic carbocycles. The third kappa shape index (κ3) is 6.04. The van der Waals surface area contributed by atoms with E-state index in [1.165, 1.54) is 16.6 Å². The van der Waals surface area contributed by atoms with Crippen LogP contribution in [0.25, 0.3) is 11.0 Å². The molecule has 3 aromatic carbocycles. The van der Waals surface area contributed by atoms with Gasteiger partial charge in [-0.25, -0.2) is 4.98 Å². The van der Waals surface area contributed by atoms with Gasteiger partial charge in [0.05, 0.1) is 17.6 Å². The van der Waals surface area contributed by atoms with Crippen LogP contribution < -0.4 is 10.1 Å². The van der Waals surface area contributed by atoms with Crippen LogP contribution >= 0.6 is 0 Å². The Labute approximate surface area is 201 Å². The molecule has 4 aromatic rings.